The summed E-state index contributed by atoms with van der Waals surface area (Å²) in [5.41, 5.74) is 6.39. The Balaban J connectivity index is 2.40. The molecule has 6 heteroatoms. The molecule has 2 rings (SSSR count). The minimum Gasteiger partial charge on any atom is -0.394 e. The van der Waals surface area contributed by atoms with E-state index < -0.39 is 5.91 Å². The molecule has 1 heterocycles. The molecule has 1 aromatic heterocycles. The second-order valence-corrected chi connectivity index (χ2v) is 4.50. The largest absolute Gasteiger partial charge is 0.394 e. The average Bonchev–Trinajstić information content (AvgIpc) is 2.62. The number of aliphatic hydroxyl groups is 1. The van der Waals surface area contributed by atoms with Gasteiger partial charge in [0.05, 0.1) is 18.3 Å². The molecule has 1 aliphatic rings. The molecule has 0 bridgehead atoms. The van der Waals surface area contributed by atoms with Gasteiger partial charge < -0.3 is 10.8 Å². The van der Waals surface area contributed by atoms with E-state index in [0.717, 1.165) is 31.4 Å². The quantitative estimate of drug-likeness (QED) is 0.784. The van der Waals surface area contributed by atoms with Crippen molar-refractivity contribution in [3.05, 3.63) is 11.4 Å². The van der Waals surface area contributed by atoms with Crippen LogP contribution in [0.4, 0.5) is 0 Å². The van der Waals surface area contributed by atoms with Crippen LogP contribution >= 0.6 is 0 Å². The molecular weight excluding hydrogens is 220 g/mol. The third-order valence-corrected chi connectivity index (χ3v) is 3.48. The van der Waals surface area contributed by atoms with E-state index in [-0.39, 0.29) is 18.3 Å². The average molecular weight is 238 g/mol. The lowest BCUT2D eigenvalue weighted by Crippen LogP contribution is -2.24. The van der Waals surface area contributed by atoms with E-state index >= 15 is 0 Å². The van der Waals surface area contributed by atoms with Gasteiger partial charge in [0, 0.05) is 5.92 Å². The molecule has 1 fully saturated rings. The number of hydrogen-bond donors (Lipinski definition) is 2. The van der Waals surface area contributed by atoms with Crippen molar-refractivity contribution in [2.45, 2.75) is 44.6 Å². The second kappa shape index (κ2) is 4.83. The van der Waals surface area contributed by atoms with Crippen LogP contribution in [-0.4, -0.2) is 32.6 Å². The van der Waals surface area contributed by atoms with Gasteiger partial charge in [0.1, 0.15) is 0 Å². The van der Waals surface area contributed by atoms with Gasteiger partial charge in [-0.2, -0.15) is 0 Å². The fourth-order valence-electron chi connectivity index (χ4n) is 2.19. The standard InChI is InChI=1S/C11H18N4O2/c1-2-8(6-16)15-10(7-4-3-5-7)9(11(12)17)13-14-15/h7-8,16H,2-6H2,1H3,(H2,12,17). The zero-order valence-corrected chi connectivity index (χ0v) is 9.96. The summed E-state index contributed by atoms with van der Waals surface area (Å²) in [5, 5.41) is 17.2. The van der Waals surface area contributed by atoms with Crippen LogP contribution in [0.1, 0.15) is 60.7 Å². The van der Waals surface area contributed by atoms with Gasteiger partial charge in [0.15, 0.2) is 5.69 Å². The topological polar surface area (TPSA) is 94.0 Å². The Labute approximate surface area is 99.8 Å². The first-order valence-electron chi connectivity index (χ1n) is 6.04. The number of nitrogens with two attached hydrogens (primary N) is 1. The van der Waals surface area contributed by atoms with Gasteiger partial charge in [-0.15, -0.1) is 5.10 Å². The smallest absolute Gasteiger partial charge is 0.271 e. The predicted octanol–water partition coefficient (Wildman–Crippen LogP) is 0.588. The molecule has 0 aliphatic heterocycles. The summed E-state index contributed by atoms with van der Waals surface area (Å²) in [4.78, 5) is 11.3. The first-order chi connectivity index (χ1) is 8.19. The van der Waals surface area contributed by atoms with E-state index in [1.54, 1.807) is 4.68 Å². The Hall–Kier alpha value is -1.43. The van der Waals surface area contributed by atoms with Crippen LogP contribution in [0.3, 0.4) is 0 Å². The number of rotatable bonds is 5. The van der Waals surface area contributed by atoms with Crippen molar-refractivity contribution in [3.8, 4) is 0 Å². The first kappa shape index (κ1) is 12.0. The van der Waals surface area contributed by atoms with Crippen molar-refractivity contribution in [1.82, 2.24) is 15.0 Å². The summed E-state index contributed by atoms with van der Waals surface area (Å²) in [6.07, 6.45) is 3.98. The molecule has 1 aliphatic carbocycles. The molecule has 94 valence electrons. The fourth-order valence-corrected chi connectivity index (χ4v) is 2.19. The molecule has 0 saturated heterocycles. The van der Waals surface area contributed by atoms with Crippen LogP contribution in [0.2, 0.25) is 0 Å². The molecule has 1 saturated carbocycles. The van der Waals surface area contributed by atoms with Crippen molar-refractivity contribution < 1.29 is 9.90 Å². The molecule has 1 amide bonds. The Bertz CT molecular complexity index is 408. The van der Waals surface area contributed by atoms with E-state index in [9.17, 15) is 9.90 Å². The van der Waals surface area contributed by atoms with Crippen molar-refractivity contribution >= 4 is 5.91 Å². The molecule has 1 atom stereocenters. The van der Waals surface area contributed by atoms with Gasteiger partial charge >= 0.3 is 0 Å². The van der Waals surface area contributed by atoms with Crippen molar-refractivity contribution in [1.29, 1.82) is 0 Å². The summed E-state index contributed by atoms with van der Waals surface area (Å²) < 4.78 is 1.68. The maximum Gasteiger partial charge on any atom is 0.271 e. The first-order valence-corrected chi connectivity index (χ1v) is 6.04. The van der Waals surface area contributed by atoms with Crippen molar-refractivity contribution in [3.63, 3.8) is 0 Å². The minimum atomic E-state index is -0.536. The lowest BCUT2D eigenvalue weighted by atomic mass is 9.81. The highest BCUT2D eigenvalue weighted by Gasteiger charge is 2.31. The Kier molecular flexibility index (Phi) is 3.42. The molecule has 6 nitrogen and oxygen atoms in total. The van der Waals surface area contributed by atoms with Gasteiger partial charge in [-0.05, 0) is 19.3 Å². The summed E-state index contributed by atoms with van der Waals surface area (Å²) in [7, 11) is 0. The summed E-state index contributed by atoms with van der Waals surface area (Å²) in [6, 6.07) is -0.119. The number of carbonyl (C=O) groups excluding carboxylic acids is 1. The maximum atomic E-state index is 11.3. The van der Waals surface area contributed by atoms with Gasteiger partial charge in [0.25, 0.3) is 5.91 Å². The van der Waals surface area contributed by atoms with E-state index in [2.05, 4.69) is 10.3 Å². The molecule has 3 N–H and O–H groups in total. The number of primary amides is 1. The third-order valence-electron chi connectivity index (χ3n) is 3.48. The van der Waals surface area contributed by atoms with Crippen LogP contribution < -0.4 is 5.73 Å². The zero-order valence-electron chi connectivity index (χ0n) is 9.96. The summed E-state index contributed by atoms with van der Waals surface area (Å²) in [5.74, 6) is -0.223. The fraction of sp³-hybridized carbons (Fsp3) is 0.727. The zero-order chi connectivity index (χ0) is 12.4. The van der Waals surface area contributed by atoms with Crippen molar-refractivity contribution in [2.24, 2.45) is 5.73 Å². The van der Waals surface area contributed by atoms with Gasteiger partial charge in [-0.3, -0.25) is 4.79 Å². The summed E-state index contributed by atoms with van der Waals surface area (Å²) in [6.45, 7) is 1.97. The third kappa shape index (κ3) is 2.04. The molecule has 0 radical (unpaired) electrons. The van der Waals surface area contributed by atoms with E-state index in [4.69, 9.17) is 5.73 Å². The van der Waals surface area contributed by atoms with Crippen LogP contribution in [0.5, 0.6) is 0 Å². The molecular formula is C11H18N4O2. The molecule has 17 heavy (non-hydrogen) atoms. The molecule has 1 unspecified atom stereocenters. The molecule has 0 aromatic carbocycles. The van der Waals surface area contributed by atoms with Gasteiger partial charge in [0.2, 0.25) is 0 Å². The lowest BCUT2D eigenvalue weighted by Gasteiger charge is -2.28. The Morgan fingerprint density at radius 2 is 2.35 bits per heavy atom. The minimum absolute atomic E-state index is 0.00220. The Morgan fingerprint density at radius 3 is 2.76 bits per heavy atom. The second-order valence-electron chi connectivity index (χ2n) is 4.50. The van der Waals surface area contributed by atoms with E-state index in [0.29, 0.717) is 5.92 Å². The predicted molar refractivity (Wildman–Crippen MR) is 61.5 cm³/mol. The molecule has 0 spiro atoms. The number of carbonyl (C=O) groups is 1. The Morgan fingerprint density at radius 1 is 1.65 bits per heavy atom. The number of hydrogen-bond acceptors (Lipinski definition) is 4. The maximum absolute atomic E-state index is 11.3. The number of nitrogens with zero attached hydrogens (tertiary/aromatic N) is 3. The highest BCUT2D eigenvalue weighted by atomic mass is 16.3. The van der Waals surface area contributed by atoms with Gasteiger partial charge in [-0.25, -0.2) is 4.68 Å². The van der Waals surface area contributed by atoms with E-state index in [1.807, 2.05) is 6.92 Å². The monoisotopic (exact) mass is 238 g/mol. The normalized spacial score (nSPS) is 17.8. The number of amides is 1. The van der Waals surface area contributed by atoms with Crippen LogP contribution in [-0.2, 0) is 0 Å². The highest BCUT2D eigenvalue weighted by Crippen LogP contribution is 2.38. The van der Waals surface area contributed by atoms with Gasteiger partial charge in [-0.1, -0.05) is 18.6 Å². The highest BCUT2D eigenvalue weighted by molar-refractivity contribution is 5.92. The van der Waals surface area contributed by atoms with Crippen LogP contribution in [0, 0.1) is 0 Å². The molecule has 1 aromatic rings. The summed E-state index contributed by atoms with van der Waals surface area (Å²) >= 11 is 0. The SMILES string of the molecule is CCC(CO)n1nnc(C(N)=O)c1C1CCC1. The van der Waals surface area contributed by atoms with Crippen LogP contribution in [0.25, 0.3) is 0 Å². The van der Waals surface area contributed by atoms with Crippen LogP contribution in [0.15, 0.2) is 0 Å². The number of aliphatic hydroxyl groups excluding tert-OH is 1. The van der Waals surface area contributed by atoms with Crippen molar-refractivity contribution in [2.75, 3.05) is 6.61 Å². The lowest BCUT2D eigenvalue weighted by molar-refractivity contribution is 0.0993. The number of aromatic nitrogens is 3. The van der Waals surface area contributed by atoms with E-state index in [1.165, 1.54) is 0 Å².